The molecule has 25 heteroatoms. The quantitative estimate of drug-likeness (QED) is 0.0740. The number of nitrogens with one attached hydrogen (secondary N) is 2. The number of pyridine rings is 1. The molecule has 2 saturated carbocycles. The van der Waals surface area contributed by atoms with Gasteiger partial charge in [-0.05, 0) is 102 Å². The van der Waals surface area contributed by atoms with E-state index < -0.39 is 116 Å². The summed E-state index contributed by atoms with van der Waals surface area (Å²) in [5, 5.41) is 30.7. The van der Waals surface area contributed by atoms with E-state index in [2.05, 4.69) is 31.0 Å². The summed E-state index contributed by atoms with van der Waals surface area (Å²) >= 11 is 6.76. The van der Waals surface area contributed by atoms with Gasteiger partial charge in [-0.3, -0.25) is 24.5 Å². The molecule has 1 amide bonds. The summed E-state index contributed by atoms with van der Waals surface area (Å²) in [6, 6.07) is 6.43. The number of amides is 1. The molecule has 4 heterocycles. The average Bonchev–Trinajstić information content (AvgIpc) is 4.12. The van der Waals surface area contributed by atoms with Gasteiger partial charge in [0.2, 0.25) is 11.8 Å². The number of aromatic nitrogens is 7. The highest BCUT2D eigenvalue weighted by molar-refractivity contribution is 7.93. The van der Waals surface area contributed by atoms with Crippen LogP contribution < -0.4 is 10.6 Å². The molecule has 9 rings (SSSR count). The van der Waals surface area contributed by atoms with Crippen molar-refractivity contribution in [2.75, 3.05) is 5.32 Å². The maximum atomic E-state index is 15.6. The number of aliphatic hydroxyl groups is 1. The maximum Gasteiger partial charge on any atom is 0.435 e. The van der Waals surface area contributed by atoms with Gasteiger partial charge in [0.1, 0.15) is 36.0 Å². The van der Waals surface area contributed by atoms with E-state index in [9.17, 15) is 49.1 Å². The van der Waals surface area contributed by atoms with Gasteiger partial charge in [0, 0.05) is 34.4 Å². The fraction of sp³-hybridized carbons (Fsp3) is 0.467. The number of hydrogen-bond acceptors (Lipinski definition) is 11. The lowest BCUT2D eigenvalue weighted by molar-refractivity contribution is -0.142. The molecule has 3 aliphatic rings. The number of aryl methyl sites for hydroxylation is 1. The van der Waals surface area contributed by atoms with Crippen LogP contribution in [0.25, 0.3) is 22.0 Å². The molecule has 4 aromatic heterocycles. The number of rotatable bonds is 17. The second-order valence-corrected chi connectivity index (χ2v) is 22.3. The molecule has 1 unspecified atom stereocenters. The first-order valence-electron chi connectivity index (χ1n) is 22.0. The minimum atomic E-state index is -5.14. The van der Waals surface area contributed by atoms with Gasteiger partial charge in [-0.1, -0.05) is 28.8 Å². The van der Waals surface area contributed by atoms with Crippen LogP contribution in [0.3, 0.4) is 0 Å². The molecule has 0 bridgehead atoms. The molecule has 70 heavy (non-hydrogen) atoms. The van der Waals surface area contributed by atoms with Crippen LogP contribution in [0, 0.1) is 17.6 Å². The molecule has 3 aliphatic carbocycles. The van der Waals surface area contributed by atoms with E-state index in [-0.39, 0.29) is 81.0 Å². The van der Waals surface area contributed by atoms with E-state index in [1.165, 1.54) is 38.1 Å². The third-order valence-corrected chi connectivity index (χ3v) is 16.2. The molecule has 0 radical (unpaired) electrons. The summed E-state index contributed by atoms with van der Waals surface area (Å²) < 4.78 is 165. The fourth-order valence-electron chi connectivity index (χ4n) is 9.17. The van der Waals surface area contributed by atoms with Gasteiger partial charge in [-0.25, -0.2) is 26.0 Å². The molecule has 3 atom stereocenters. The zero-order valence-electron chi connectivity index (χ0n) is 37.5. The van der Waals surface area contributed by atoms with Crippen molar-refractivity contribution in [2.45, 2.75) is 125 Å². The summed E-state index contributed by atoms with van der Waals surface area (Å²) in [5.74, 6) is -9.89. The number of sulfone groups is 1. The van der Waals surface area contributed by atoms with E-state index >= 15 is 8.78 Å². The Hall–Kier alpha value is -5.75. The van der Waals surface area contributed by atoms with Crippen molar-refractivity contribution in [1.29, 1.82) is 0 Å². The Balaban J connectivity index is 1.19. The van der Waals surface area contributed by atoms with Gasteiger partial charge < -0.3 is 14.8 Å². The second kappa shape index (κ2) is 17.2. The van der Waals surface area contributed by atoms with Crippen molar-refractivity contribution >= 4 is 50.1 Å². The predicted molar refractivity (Wildman–Crippen MR) is 234 cm³/mol. The molecular weight excluding hydrogens is 985 g/mol. The van der Waals surface area contributed by atoms with E-state index in [1.54, 1.807) is 13.8 Å². The van der Waals surface area contributed by atoms with Crippen LogP contribution in [0.15, 0.2) is 46.9 Å². The number of carbonyl (C=O) groups is 1. The summed E-state index contributed by atoms with van der Waals surface area (Å²) in [7, 11) is -3.60. The Labute approximate surface area is 397 Å². The largest absolute Gasteiger partial charge is 0.435 e. The number of carbonyl (C=O) groups excluding carboxylic acids is 1. The third-order valence-electron chi connectivity index (χ3n) is 12.8. The number of alkyl halides is 7. The summed E-state index contributed by atoms with van der Waals surface area (Å²) in [4.78, 5) is 19.1. The smallest absolute Gasteiger partial charge is 0.405 e. The number of halogens is 10. The van der Waals surface area contributed by atoms with Gasteiger partial charge in [-0.2, -0.15) is 32.1 Å². The number of hydrogen-bond donors (Lipinski definition) is 3. The number of fused-ring (bicyclic) bond motifs is 4. The molecule has 6 aromatic rings. The fourth-order valence-corrected chi connectivity index (χ4v) is 11.5. The van der Waals surface area contributed by atoms with Crippen molar-refractivity contribution in [3.63, 3.8) is 0 Å². The van der Waals surface area contributed by atoms with E-state index in [0.717, 1.165) is 16.8 Å². The molecule has 2 fully saturated rings. The molecule has 0 saturated heterocycles. The maximum absolute atomic E-state index is 15.6. The molecule has 14 nitrogen and oxygen atoms in total. The standard InChI is InChI=1S/C45H43ClF9N9O5S/c1-42(2,70(67,68)24-6-7-24)12-11-23-5-8-25(26-9-10-29(46)34-36(26)63(18-31(49)50)62-39(34)58-41-60-59-40(69-41)43(3,4)66)35(56-23)30(15-20-13-21(47)16-22(48)14-20)57-32(65)19-64-38-33(37(61-64)45(53,54)55)27-17-28(27)44(38,51)52/h5,8-10,13-14,16,24,27-28,30-31,66H,6-7,11-12,15,17-19H2,1-4H3,(H,57,65)(H,58,60,62)/t27-,28?,30-/m0/s1. The SMILES string of the molecule is CC(C)(O)c1nnc(Nc2nn(CC(F)F)c3c(-c4ccc(CCC(C)(C)S(=O)(=O)C5CC5)nc4[C@H](Cc4cc(F)cc(F)c4)NC(=O)Cn4nc(C(F)(F)F)c5c4C(F)(F)C4C[C@H]54)ccc(Cl)c23)o1. The van der Waals surface area contributed by atoms with Gasteiger partial charge in [-0.15, -0.1) is 5.10 Å². The van der Waals surface area contributed by atoms with Crippen LogP contribution in [0.1, 0.15) is 105 Å². The highest BCUT2D eigenvalue weighted by atomic mass is 35.5. The van der Waals surface area contributed by atoms with Gasteiger partial charge in [0.05, 0.1) is 37.7 Å². The molecule has 3 N–H and O–H groups in total. The van der Waals surface area contributed by atoms with E-state index in [1.807, 2.05) is 0 Å². The topological polar surface area (TPSA) is 183 Å². The van der Waals surface area contributed by atoms with Gasteiger partial charge in [0.25, 0.3) is 12.3 Å². The number of benzene rings is 2. The first-order valence-corrected chi connectivity index (χ1v) is 23.9. The zero-order chi connectivity index (χ0) is 50.6. The van der Waals surface area contributed by atoms with Crippen molar-refractivity contribution in [2.24, 2.45) is 5.92 Å². The molecular formula is C45H43ClF9N9O5S. The zero-order valence-corrected chi connectivity index (χ0v) is 39.1. The van der Waals surface area contributed by atoms with Crippen molar-refractivity contribution in [1.82, 2.24) is 40.1 Å². The Morgan fingerprint density at radius 2 is 1.67 bits per heavy atom. The molecule has 2 aromatic carbocycles. The van der Waals surface area contributed by atoms with Crippen LogP contribution >= 0.6 is 11.6 Å². The van der Waals surface area contributed by atoms with Crippen LogP contribution in [0.2, 0.25) is 5.02 Å². The Bertz CT molecular complexity index is 3140. The second-order valence-electron chi connectivity index (χ2n) is 19.0. The van der Waals surface area contributed by atoms with Crippen molar-refractivity contribution < 1.29 is 62.2 Å². The first-order chi connectivity index (χ1) is 32.6. The summed E-state index contributed by atoms with van der Waals surface area (Å²) in [5.41, 5.74) is -4.76. The average molecular weight is 1030 g/mol. The van der Waals surface area contributed by atoms with Crippen molar-refractivity contribution in [3.8, 4) is 11.1 Å². The minimum absolute atomic E-state index is 0.00276. The van der Waals surface area contributed by atoms with Crippen LogP contribution in [0.4, 0.5) is 51.3 Å². The van der Waals surface area contributed by atoms with Crippen LogP contribution in [-0.4, -0.2) is 70.6 Å². The Morgan fingerprint density at radius 3 is 2.30 bits per heavy atom. The highest BCUT2D eigenvalue weighted by Crippen LogP contribution is 2.68. The third kappa shape index (κ3) is 9.21. The lowest BCUT2D eigenvalue weighted by Gasteiger charge is -2.26. The number of anilines is 2. The van der Waals surface area contributed by atoms with E-state index in [0.29, 0.717) is 23.6 Å². The van der Waals surface area contributed by atoms with Crippen LogP contribution in [0.5, 0.6) is 0 Å². The van der Waals surface area contributed by atoms with Gasteiger partial charge in [0.15, 0.2) is 21.3 Å². The monoisotopic (exact) mass is 1030 g/mol. The summed E-state index contributed by atoms with van der Waals surface area (Å²) in [6.07, 6.45) is -7.80. The first kappa shape index (κ1) is 49.2. The van der Waals surface area contributed by atoms with Crippen molar-refractivity contribution in [3.05, 3.63) is 98.9 Å². The molecule has 0 aliphatic heterocycles. The van der Waals surface area contributed by atoms with Gasteiger partial charge >= 0.3 is 12.2 Å². The number of nitrogens with zero attached hydrogens (tertiary/aromatic N) is 7. The lowest BCUT2D eigenvalue weighted by atomic mass is 9.93. The normalized spacial score (nSPS) is 18.3. The molecule has 0 spiro atoms. The minimum Gasteiger partial charge on any atom is -0.405 e. The Kier molecular flexibility index (Phi) is 12.1. The molecule has 374 valence electrons. The van der Waals surface area contributed by atoms with Crippen LogP contribution in [-0.2, 0) is 58.3 Å². The van der Waals surface area contributed by atoms with E-state index in [4.69, 9.17) is 21.0 Å². The Morgan fingerprint density at radius 1 is 0.986 bits per heavy atom. The highest BCUT2D eigenvalue weighted by Gasteiger charge is 2.68. The summed E-state index contributed by atoms with van der Waals surface area (Å²) in [6.45, 7) is 3.69. The lowest BCUT2D eigenvalue weighted by Crippen LogP contribution is -2.36. The predicted octanol–water partition coefficient (Wildman–Crippen LogP) is 9.46.